The fraction of sp³-hybridized carbons (Fsp3) is 0.600. The molecule has 1 aromatic heterocycles. The summed E-state index contributed by atoms with van der Waals surface area (Å²) in [5, 5.41) is 11.8. The molecule has 1 rings (SSSR count). The molecule has 0 unspecified atom stereocenters. The van der Waals surface area contributed by atoms with E-state index in [9.17, 15) is 0 Å². The fourth-order valence-corrected chi connectivity index (χ4v) is 2.27. The van der Waals surface area contributed by atoms with Crippen molar-refractivity contribution in [3.05, 3.63) is 10.5 Å². The van der Waals surface area contributed by atoms with E-state index >= 15 is 0 Å². The molecule has 3 nitrogen and oxygen atoms in total. The smallest absolute Gasteiger partial charge is 0.186 e. The maximum atomic E-state index is 8.58. The van der Waals surface area contributed by atoms with E-state index in [4.69, 9.17) is 16.9 Å². The van der Waals surface area contributed by atoms with Gasteiger partial charge in [-0.3, -0.25) is 0 Å². The third-order valence-electron chi connectivity index (χ3n) is 1.81. The molecule has 0 aliphatic heterocycles. The minimum atomic E-state index is 0.518. The second-order valence-corrected chi connectivity index (χ2v) is 4.92. The molecule has 0 N–H and O–H groups in total. The number of hydrogen-bond donors (Lipinski definition) is 0. The summed E-state index contributed by atoms with van der Waals surface area (Å²) in [6.07, 6.45) is 0.518. The predicted molar refractivity (Wildman–Crippen MR) is 64.4 cm³/mol. The average Bonchev–Trinajstić information content (AvgIpc) is 2.58. The van der Waals surface area contributed by atoms with Gasteiger partial charge in [0.1, 0.15) is 5.15 Å². The molecule has 0 atom stereocenters. The van der Waals surface area contributed by atoms with Crippen molar-refractivity contribution in [3.8, 4) is 6.07 Å². The maximum absolute atomic E-state index is 8.58. The van der Waals surface area contributed by atoms with Crippen LogP contribution in [0.15, 0.2) is 5.38 Å². The van der Waals surface area contributed by atoms with Crippen LogP contribution in [0.2, 0.25) is 5.15 Å². The minimum Gasteiger partial charge on any atom is -0.347 e. The zero-order valence-electron chi connectivity index (χ0n) is 8.90. The van der Waals surface area contributed by atoms with Crippen LogP contribution < -0.4 is 4.90 Å². The SMILES string of the molecule is CC(C)CN(CCC#N)c1nc(Cl)cs1. The standard InChI is InChI=1S/C10H14ClN3S/c1-8(2)6-14(5-3-4-12)10-13-9(11)7-15-10/h7-8H,3,5-6H2,1-2H3. The predicted octanol–water partition coefficient (Wildman–Crippen LogP) is 3.17. The summed E-state index contributed by atoms with van der Waals surface area (Å²) in [6, 6.07) is 2.15. The quantitative estimate of drug-likeness (QED) is 0.798. The van der Waals surface area contributed by atoms with Crippen molar-refractivity contribution in [1.82, 2.24) is 4.98 Å². The number of rotatable bonds is 5. The van der Waals surface area contributed by atoms with E-state index in [0.29, 0.717) is 17.5 Å². The Kier molecular flexibility index (Phi) is 4.86. The van der Waals surface area contributed by atoms with Gasteiger partial charge in [0.15, 0.2) is 5.13 Å². The molecular formula is C10H14ClN3S. The Bertz CT molecular complexity index is 343. The molecular weight excluding hydrogens is 230 g/mol. The maximum Gasteiger partial charge on any atom is 0.186 e. The van der Waals surface area contributed by atoms with Crippen LogP contribution >= 0.6 is 22.9 Å². The Labute approximate surface area is 99.3 Å². The number of thiazole rings is 1. The van der Waals surface area contributed by atoms with Crippen LogP contribution in [-0.2, 0) is 0 Å². The summed E-state index contributed by atoms with van der Waals surface area (Å²) in [5.41, 5.74) is 0. The number of hydrogen-bond acceptors (Lipinski definition) is 4. The molecule has 0 saturated carbocycles. The Morgan fingerprint density at radius 1 is 1.67 bits per heavy atom. The largest absolute Gasteiger partial charge is 0.347 e. The summed E-state index contributed by atoms with van der Waals surface area (Å²) in [6.45, 7) is 5.92. The lowest BCUT2D eigenvalue weighted by molar-refractivity contribution is 0.611. The Balaban J connectivity index is 2.67. The molecule has 0 aliphatic rings. The van der Waals surface area contributed by atoms with Crippen molar-refractivity contribution in [1.29, 1.82) is 5.26 Å². The molecule has 0 fully saturated rings. The molecule has 5 heteroatoms. The van der Waals surface area contributed by atoms with Crippen molar-refractivity contribution in [2.45, 2.75) is 20.3 Å². The molecule has 0 amide bonds. The number of nitriles is 1. The van der Waals surface area contributed by atoms with E-state index in [1.807, 2.05) is 5.38 Å². The van der Waals surface area contributed by atoms with Crippen LogP contribution in [-0.4, -0.2) is 18.1 Å². The van der Waals surface area contributed by atoms with Crippen LogP contribution in [0.4, 0.5) is 5.13 Å². The summed E-state index contributed by atoms with van der Waals surface area (Å²) in [4.78, 5) is 6.33. The Morgan fingerprint density at radius 2 is 2.40 bits per heavy atom. The van der Waals surface area contributed by atoms with Crippen molar-refractivity contribution in [2.24, 2.45) is 5.92 Å². The van der Waals surface area contributed by atoms with Gasteiger partial charge >= 0.3 is 0 Å². The topological polar surface area (TPSA) is 39.9 Å². The van der Waals surface area contributed by atoms with Crippen LogP contribution in [0.5, 0.6) is 0 Å². The highest BCUT2D eigenvalue weighted by Crippen LogP contribution is 2.24. The molecule has 1 heterocycles. The van der Waals surface area contributed by atoms with E-state index in [1.54, 1.807) is 0 Å². The lowest BCUT2D eigenvalue weighted by Crippen LogP contribution is -2.28. The van der Waals surface area contributed by atoms with Gasteiger partial charge in [0, 0.05) is 18.5 Å². The molecule has 0 spiro atoms. The second-order valence-electron chi connectivity index (χ2n) is 3.70. The van der Waals surface area contributed by atoms with E-state index in [1.165, 1.54) is 11.3 Å². The number of nitrogens with zero attached hydrogens (tertiary/aromatic N) is 3. The summed E-state index contributed by atoms with van der Waals surface area (Å²) < 4.78 is 0. The van der Waals surface area contributed by atoms with Gasteiger partial charge < -0.3 is 4.90 Å². The summed E-state index contributed by atoms with van der Waals surface area (Å²) in [5.74, 6) is 0.548. The molecule has 15 heavy (non-hydrogen) atoms. The van der Waals surface area contributed by atoms with Gasteiger partial charge in [-0.05, 0) is 5.92 Å². The number of anilines is 1. The first-order chi connectivity index (χ1) is 7.13. The van der Waals surface area contributed by atoms with E-state index in [2.05, 4.69) is 29.8 Å². The highest BCUT2D eigenvalue weighted by molar-refractivity contribution is 7.14. The summed E-state index contributed by atoms with van der Waals surface area (Å²) >= 11 is 7.31. The van der Waals surface area contributed by atoms with Crippen LogP contribution in [0, 0.1) is 17.2 Å². The average molecular weight is 244 g/mol. The van der Waals surface area contributed by atoms with Gasteiger partial charge in [-0.2, -0.15) is 5.26 Å². The van der Waals surface area contributed by atoms with Crippen molar-refractivity contribution in [2.75, 3.05) is 18.0 Å². The van der Waals surface area contributed by atoms with Gasteiger partial charge in [-0.15, -0.1) is 11.3 Å². The highest BCUT2D eigenvalue weighted by atomic mass is 35.5. The fourth-order valence-electron chi connectivity index (χ4n) is 1.28. The third-order valence-corrected chi connectivity index (χ3v) is 3.04. The van der Waals surface area contributed by atoms with Gasteiger partial charge in [0.25, 0.3) is 0 Å². The molecule has 82 valence electrons. The van der Waals surface area contributed by atoms with Crippen molar-refractivity contribution >= 4 is 28.1 Å². The molecule has 0 saturated heterocycles. The Hall–Kier alpha value is -0.790. The zero-order valence-corrected chi connectivity index (χ0v) is 10.5. The second kappa shape index (κ2) is 5.94. The lowest BCUT2D eigenvalue weighted by Gasteiger charge is -2.22. The van der Waals surface area contributed by atoms with Gasteiger partial charge in [-0.25, -0.2) is 4.98 Å². The first-order valence-corrected chi connectivity index (χ1v) is 6.12. The molecule has 0 radical (unpaired) electrons. The molecule has 0 aliphatic carbocycles. The molecule has 0 bridgehead atoms. The van der Waals surface area contributed by atoms with Crippen molar-refractivity contribution in [3.63, 3.8) is 0 Å². The van der Waals surface area contributed by atoms with Crippen LogP contribution in [0.1, 0.15) is 20.3 Å². The van der Waals surface area contributed by atoms with Gasteiger partial charge in [0.2, 0.25) is 0 Å². The normalized spacial score (nSPS) is 10.3. The van der Waals surface area contributed by atoms with Crippen molar-refractivity contribution < 1.29 is 0 Å². The van der Waals surface area contributed by atoms with Crippen LogP contribution in [0.25, 0.3) is 0 Å². The molecule has 0 aromatic carbocycles. The first-order valence-electron chi connectivity index (χ1n) is 4.86. The highest BCUT2D eigenvalue weighted by Gasteiger charge is 2.11. The van der Waals surface area contributed by atoms with Gasteiger partial charge in [-0.1, -0.05) is 25.4 Å². The van der Waals surface area contributed by atoms with Gasteiger partial charge in [0.05, 0.1) is 12.5 Å². The van der Waals surface area contributed by atoms with E-state index < -0.39 is 0 Å². The Morgan fingerprint density at radius 3 is 2.87 bits per heavy atom. The lowest BCUT2D eigenvalue weighted by atomic mass is 10.2. The van der Waals surface area contributed by atoms with E-state index in [-0.39, 0.29) is 0 Å². The molecule has 1 aromatic rings. The zero-order chi connectivity index (χ0) is 11.3. The number of aromatic nitrogens is 1. The number of halogens is 1. The monoisotopic (exact) mass is 243 g/mol. The minimum absolute atomic E-state index is 0.518. The summed E-state index contributed by atoms with van der Waals surface area (Å²) in [7, 11) is 0. The van der Waals surface area contributed by atoms with E-state index in [0.717, 1.165) is 18.2 Å². The third kappa shape index (κ3) is 4.06. The first kappa shape index (κ1) is 12.3. The van der Waals surface area contributed by atoms with Crippen LogP contribution in [0.3, 0.4) is 0 Å².